The fourth-order valence-corrected chi connectivity index (χ4v) is 1.74. The topological polar surface area (TPSA) is 28.7 Å². The van der Waals surface area contributed by atoms with E-state index in [0.29, 0.717) is 5.92 Å². The van der Waals surface area contributed by atoms with E-state index >= 15 is 0 Å². The Morgan fingerprint density at radius 2 is 2.27 bits per heavy atom. The summed E-state index contributed by atoms with van der Waals surface area (Å²) in [7, 11) is 0. The number of hydrogen-bond donors (Lipinski definition) is 1. The molecule has 85 valence electrons. The van der Waals surface area contributed by atoms with Crippen LogP contribution in [0, 0.1) is 6.42 Å². The molecule has 0 amide bonds. The second-order valence-electron chi connectivity index (χ2n) is 4.25. The molecule has 1 N–H and O–H groups in total. The lowest BCUT2D eigenvalue weighted by Crippen LogP contribution is -1.96. The van der Waals surface area contributed by atoms with E-state index in [2.05, 4.69) is 30.2 Å². The van der Waals surface area contributed by atoms with Crippen LogP contribution in [-0.4, -0.2) is 9.97 Å². The van der Waals surface area contributed by atoms with E-state index in [-0.39, 0.29) is 0 Å². The molecular formula is C13H23N2. The van der Waals surface area contributed by atoms with Crippen molar-refractivity contribution in [3.63, 3.8) is 0 Å². The fourth-order valence-electron chi connectivity index (χ4n) is 1.74. The van der Waals surface area contributed by atoms with Crippen LogP contribution in [0.2, 0.25) is 0 Å². The predicted octanol–water partition coefficient (Wildman–Crippen LogP) is 4.08. The summed E-state index contributed by atoms with van der Waals surface area (Å²) in [6, 6.07) is 0. The van der Waals surface area contributed by atoms with Gasteiger partial charge in [-0.15, -0.1) is 0 Å². The van der Waals surface area contributed by atoms with Gasteiger partial charge >= 0.3 is 0 Å². The SMILES string of the molecule is CCCCCC[CH]CC(C)c1ncc[nH]1. The van der Waals surface area contributed by atoms with Crippen LogP contribution in [0.1, 0.15) is 64.1 Å². The maximum atomic E-state index is 4.27. The molecule has 0 aliphatic carbocycles. The third kappa shape index (κ3) is 5.01. The summed E-state index contributed by atoms with van der Waals surface area (Å²) in [5, 5.41) is 0. The molecule has 2 heteroatoms. The Balaban J connectivity index is 2.00. The van der Waals surface area contributed by atoms with Gasteiger partial charge in [-0.3, -0.25) is 0 Å². The lowest BCUT2D eigenvalue weighted by Gasteiger charge is -2.07. The standard InChI is InChI=1S/C13H23N2/c1-3-4-5-6-7-8-9-12(2)13-14-10-11-15-13/h8,10-12H,3-7,9H2,1-2H3,(H,14,15). The second-order valence-corrected chi connectivity index (χ2v) is 4.25. The molecule has 2 nitrogen and oxygen atoms in total. The minimum atomic E-state index is 0.533. The van der Waals surface area contributed by atoms with Crippen molar-refractivity contribution in [3.8, 4) is 0 Å². The molecular weight excluding hydrogens is 184 g/mol. The number of unbranched alkanes of at least 4 members (excludes halogenated alkanes) is 5. The van der Waals surface area contributed by atoms with Crippen LogP contribution in [0.15, 0.2) is 12.4 Å². The van der Waals surface area contributed by atoms with Gasteiger partial charge in [-0.2, -0.15) is 0 Å². The zero-order chi connectivity index (χ0) is 10.9. The summed E-state index contributed by atoms with van der Waals surface area (Å²) < 4.78 is 0. The monoisotopic (exact) mass is 207 g/mol. The molecule has 1 aromatic rings. The Labute approximate surface area is 93.5 Å². The quantitative estimate of drug-likeness (QED) is 0.639. The average molecular weight is 207 g/mol. The zero-order valence-electron chi connectivity index (χ0n) is 10.00. The summed E-state index contributed by atoms with van der Waals surface area (Å²) in [5.41, 5.74) is 0. The van der Waals surface area contributed by atoms with E-state index in [1.54, 1.807) is 0 Å². The molecule has 1 atom stereocenters. The number of imidazole rings is 1. The lowest BCUT2D eigenvalue weighted by molar-refractivity contribution is 0.624. The number of nitrogens with zero attached hydrogens (tertiary/aromatic N) is 1. The summed E-state index contributed by atoms with van der Waals surface area (Å²) in [4.78, 5) is 7.44. The van der Waals surface area contributed by atoms with Crippen LogP contribution < -0.4 is 0 Å². The molecule has 1 radical (unpaired) electrons. The van der Waals surface area contributed by atoms with Gasteiger partial charge in [-0.25, -0.2) is 4.98 Å². The van der Waals surface area contributed by atoms with Crippen LogP contribution in [-0.2, 0) is 0 Å². The molecule has 0 aromatic carbocycles. The first kappa shape index (κ1) is 12.3. The average Bonchev–Trinajstić information content (AvgIpc) is 2.76. The van der Waals surface area contributed by atoms with Crippen molar-refractivity contribution < 1.29 is 0 Å². The highest BCUT2D eigenvalue weighted by Crippen LogP contribution is 2.18. The largest absolute Gasteiger partial charge is 0.348 e. The van der Waals surface area contributed by atoms with Gasteiger partial charge in [-0.05, 0) is 12.8 Å². The highest BCUT2D eigenvalue weighted by atomic mass is 14.9. The van der Waals surface area contributed by atoms with Gasteiger partial charge in [0.1, 0.15) is 5.82 Å². The summed E-state index contributed by atoms with van der Waals surface area (Å²) >= 11 is 0. The highest BCUT2D eigenvalue weighted by molar-refractivity contribution is 4.96. The minimum Gasteiger partial charge on any atom is -0.348 e. The first-order valence-electron chi connectivity index (χ1n) is 6.15. The molecule has 15 heavy (non-hydrogen) atoms. The van der Waals surface area contributed by atoms with Gasteiger partial charge in [0.25, 0.3) is 0 Å². The van der Waals surface area contributed by atoms with Crippen molar-refractivity contribution >= 4 is 0 Å². The Kier molecular flexibility index (Phi) is 6.14. The van der Waals surface area contributed by atoms with Gasteiger partial charge in [0.2, 0.25) is 0 Å². The molecule has 0 spiro atoms. The molecule has 0 saturated heterocycles. The molecule has 0 aliphatic rings. The Hall–Kier alpha value is -0.790. The van der Waals surface area contributed by atoms with Crippen molar-refractivity contribution in [1.82, 2.24) is 9.97 Å². The van der Waals surface area contributed by atoms with E-state index in [4.69, 9.17) is 0 Å². The van der Waals surface area contributed by atoms with E-state index in [9.17, 15) is 0 Å². The number of aromatic amines is 1. The van der Waals surface area contributed by atoms with Gasteiger partial charge < -0.3 is 4.98 Å². The van der Waals surface area contributed by atoms with Gasteiger partial charge in [0.05, 0.1) is 0 Å². The molecule has 0 aliphatic heterocycles. The summed E-state index contributed by atoms with van der Waals surface area (Å²) in [5.74, 6) is 1.64. The predicted molar refractivity (Wildman–Crippen MR) is 64.7 cm³/mol. The van der Waals surface area contributed by atoms with Gasteiger partial charge in [0, 0.05) is 18.3 Å². The van der Waals surface area contributed by atoms with Crippen molar-refractivity contribution in [3.05, 3.63) is 24.6 Å². The van der Waals surface area contributed by atoms with Crippen molar-refractivity contribution in [1.29, 1.82) is 0 Å². The normalized spacial score (nSPS) is 12.9. The lowest BCUT2D eigenvalue weighted by atomic mass is 10.0. The van der Waals surface area contributed by atoms with Crippen molar-refractivity contribution in [2.75, 3.05) is 0 Å². The maximum Gasteiger partial charge on any atom is 0.108 e. The second kappa shape index (κ2) is 7.49. The van der Waals surface area contributed by atoms with E-state index < -0.39 is 0 Å². The number of hydrogen-bond acceptors (Lipinski definition) is 1. The fraction of sp³-hybridized carbons (Fsp3) is 0.692. The zero-order valence-corrected chi connectivity index (χ0v) is 10.00. The van der Waals surface area contributed by atoms with E-state index in [1.807, 2.05) is 12.4 Å². The molecule has 1 unspecified atom stereocenters. The molecule has 0 fully saturated rings. The Morgan fingerprint density at radius 3 is 2.93 bits per heavy atom. The molecule has 1 heterocycles. The van der Waals surface area contributed by atoms with Crippen molar-refractivity contribution in [2.45, 2.75) is 58.3 Å². The molecule has 1 aromatic heterocycles. The highest BCUT2D eigenvalue weighted by Gasteiger charge is 2.06. The first-order chi connectivity index (χ1) is 7.34. The Bertz CT molecular complexity index is 229. The van der Waals surface area contributed by atoms with E-state index in [0.717, 1.165) is 12.2 Å². The minimum absolute atomic E-state index is 0.533. The van der Waals surface area contributed by atoms with E-state index in [1.165, 1.54) is 32.1 Å². The Morgan fingerprint density at radius 1 is 1.40 bits per heavy atom. The van der Waals surface area contributed by atoms with Crippen LogP contribution >= 0.6 is 0 Å². The number of rotatable bonds is 8. The molecule has 1 rings (SSSR count). The number of H-pyrrole nitrogens is 1. The molecule has 0 saturated carbocycles. The van der Waals surface area contributed by atoms with Crippen LogP contribution in [0.5, 0.6) is 0 Å². The third-order valence-corrected chi connectivity index (χ3v) is 2.77. The summed E-state index contributed by atoms with van der Waals surface area (Å²) in [6.07, 6.45) is 13.9. The summed E-state index contributed by atoms with van der Waals surface area (Å²) in [6.45, 7) is 4.48. The molecule has 0 bridgehead atoms. The van der Waals surface area contributed by atoms with Crippen LogP contribution in [0.3, 0.4) is 0 Å². The smallest absolute Gasteiger partial charge is 0.108 e. The number of nitrogens with one attached hydrogen (secondary N) is 1. The van der Waals surface area contributed by atoms with Crippen LogP contribution in [0.25, 0.3) is 0 Å². The van der Waals surface area contributed by atoms with Gasteiger partial charge in [0.15, 0.2) is 0 Å². The van der Waals surface area contributed by atoms with Crippen molar-refractivity contribution in [2.24, 2.45) is 0 Å². The van der Waals surface area contributed by atoms with Crippen LogP contribution in [0.4, 0.5) is 0 Å². The number of aromatic nitrogens is 2. The third-order valence-electron chi connectivity index (χ3n) is 2.77. The maximum absolute atomic E-state index is 4.27. The first-order valence-corrected chi connectivity index (χ1v) is 6.15. The van der Waals surface area contributed by atoms with Gasteiger partial charge in [-0.1, -0.05) is 46.0 Å².